The summed E-state index contributed by atoms with van der Waals surface area (Å²) >= 11 is 0. The second kappa shape index (κ2) is 10.0. The minimum atomic E-state index is -4.39. The molecule has 0 aromatic heterocycles. The largest absolute Gasteiger partial charge is 0.416 e. The molecule has 1 amide bonds. The van der Waals surface area contributed by atoms with Crippen LogP contribution in [0.4, 0.5) is 18.9 Å². The normalized spacial score (nSPS) is 15.9. The summed E-state index contributed by atoms with van der Waals surface area (Å²) in [6.07, 6.45) is -4.04. The molecule has 2 aromatic carbocycles. The quantitative estimate of drug-likeness (QED) is 0.395. The number of guanidine groups is 1. The van der Waals surface area contributed by atoms with Crippen LogP contribution in [0.2, 0.25) is 0 Å². The molecule has 0 radical (unpaired) electrons. The van der Waals surface area contributed by atoms with Gasteiger partial charge in [-0.3, -0.25) is 9.79 Å². The van der Waals surface area contributed by atoms with Gasteiger partial charge in [-0.15, -0.1) is 0 Å². The van der Waals surface area contributed by atoms with E-state index >= 15 is 0 Å². The summed E-state index contributed by atoms with van der Waals surface area (Å²) in [7, 11) is 0. The molecule has 1 heterocycles. The second-order valence-corrected chi connectivity index (χ2v) is 6.99. The Morgan fingerprint density at radius 2 is 2.00 bits per heavy atom. The van der Waals surface area contributed by atoms with E-state index in [4.69, 9.17) is 0 Å². The summed E-state index contributed by atoms with van der Waals surface area (Å²) in [5.74, 6) is 6.01. The zero-order valence-corrected chi connectivity index (χ0v) is 17.0. The van der Waals surface area contributed by atoms with Gasteiger partial charge in [0.25, 0.3) is 0 Å². The van der Waals surface area contributed by atoms with Gasteiger partial charge in [-0.2, -0.15) is 13.2 Å². The molecule has 0 bridgehead atoms. The van der Waals surface area contributed by atoms with Crippen molar-refractivity contribution < 1.29 is 18.0 Å². The summed E-state index contributed by atoms with van der Waals surface area (Å²) in [4.78, 5) is 16.5. The number of hydrogen-bond donors (Lipinski definition) is 3. The van der Waals surface area contributed by atoms with Crippen molar-refractivity contribution in [2.45, 2.75) is 25.4 Å². The Morgan fingerprint density at radius 3 is 2.77 bits per heavy atom. The summed E-state index contributed by atoms with van der Waals surface area (Å²) in [6.45, 7) is 3.19. The van der Waals surface area contributed by atoms with Crippen LogP contribution >= 0.6 is 0 Å². The van der Waals surface area contributed by atoms with Crippen molar-refractivity contribution in [3.8, 4) is 11.8 Å². The van der Waals surface area contributed by atoms with Gasteiger partial charge in [-0.05, 0) is 36.8 Å². The molecule has 2 aromatic rings. The Balaban J connectivity index is 1.63. The first-order valence-electron chi connectivity index (χ1n) is 9.94. The van der Waals surface area contributed by atoms with E-state index in [-0.39, 0.29) is 18.4 Å². The van der Waals surface area contributed by atoms with Crippen molar-refractivity contribution in [3.63, 3.8) is 0 Å². The highest BCUT2D eigenvalue weighted by Gasteiger charge is 2.30. The van der Waals surface area contributed by atoms with E-state index in [1.807, 2.05) is 31.2 Å². The van der Waals surface area contributed by atoms with Crippen molar-refractivity contribution in [2.24, 2.45) is 4.99 Å². The van der Waals surface area contributed by atoms with Crippen LogP contribution in [0.1, 0.15) is 36.0 Å². The van der Waals surface area contributed by atoms with E-state index < -0.39 is 11.7 Å². The van der Waals surface area contributed by atoms with Gasteiger partial charge in [0.05, 0.1) is 18.7 Å². The number of carbonyl (C=O) groups excluding carboxylic acids is 1. The number of amides is 1. The third-order valence-electron chi connectivity index (χ3n) is 4.69. The highest BCUT2D eigenvalue weighted by molar-refractivity contribution is 5.94. The van der Waals surface area contributed by atoms with E-state index in [0.717, 1.165) is 23.4 Å². The number of halogens is 3. The molecule has 3 rings (SSSR count). The Kier molecular flexibility index (Phi) is 7.19. The van der Waals surface area contributed by atoms with Crippen molar-refractivity contribution >= 4 is 17.6 Å². The first-order chi connectivity index (χ1) is 14.9. The number of carbonyl (C=O) groups is 1. The van der Waals surface area contributed by atoms with Gasteiger partial charge in [0.1, 0.15) is 0 Å². The van der Waals surface area contributed by atoms with Crippen LogP contribution in [0.3, 0.4) is 0 Å². The molecule has 1 atom stereocenters. The number of alkyl halides is 3. The molecule has 1 aliphatic heterocycles. The van der Waals surface area contributed by atoms with Crippen molar-refractivity contribution in [1.82, 2.24) is 10.6 Å². The Labute approximate surface area is 179 Å². The summed E-state index contributed by atoms with van der Waals surface area (Å²) < 4.78 is 38.4. The lowest BCUT2D eigenvalue weighted by atomic mass is 9.91. The molecule has 0 fully saturated rings. The Morgan fingerprint density at radius 1 is 1.19 bits per heavy atom. The SMILES string of the molecule is CCNC(=NCC1CC(=O)Nc2ccccc21)NCC#Cc1cccc(C(F)(F)F)c1. The summed E-state index contributed by atoms with van der Waals surface area (Å²) in [6, 6.07) is 12.6. The number of aliphatic imine (C=N–C) groups is 1. The zero-order valence-electron chi connectivity index (χ0n) is 17.0. The van der Waals surface area contributed by atoms with Crippen LogP contribution in [0.5, 0.6) is 0 Å². The Hall–Kier alpha value is -3.47. The van der Waals surface area contributed by atoms with Gasteiger partial charge in [-0.1, -0.05) is 36.1 Å². The number of nitrogens with zero attached hydrogens (tertiary/aromatic N) is 1. The van der Waals surface area contributed by atoms with Gasteiger partial charge in [0, 0.05) is 30.1 Å². The molecule has 162 valence electrons. The number of rotatable bonds is 4. The summed E-state index contributed by atoms with van der Waals surface area (Å²) in [5.41, 5.74) is 1.43. The van der Waals surface area contributed by atoms with Gasteiger partial charge in [-0.25, -0.2) is 0 Å². The summed E-state index contributed by atoms with van der Waals surface area (Å²) in [5, 5.41) is 9.03. The molecular weight excluding hydrogens is 405 g/mol. The molecule has 0 saturated carbocycles. The number of para-hydroxylation sites is 1. The van der Waals surface area contributed by atoms with Crippen LogP contribution < -0.4 is 16.0 Å². The maximum Gasteiger partial charge on any atom is 0.416 e. The zero-order chi connectivity index (χ0) is 22.3. The fourth-order valence-corrected chi connectivity index (χ4v) is 3.26. The van der Waals surface area contributed by atoms with E-state index in [0.29, 0.717) is 31.0 Å². The van der Waals surface area contributed by atoms with Gasteiger partial charge >= 0.3 is 6.18 Å². The molecular formula is C23H23F3N4O. The molecule has 1 unspecified atom stereocenters. The standard InChI is InChI=1S/C23H23F3N4O/c1-2-27-22(28-12-6-8-16-7-5-9-18(13-16)23(24,25)26)29-15-17-14-21(31)30-20-11-4-3-10-19(17)20/h3-5,7,9-11,13,17H,2,12,14-15H2,1H3,(H,30,31)(H2,27,28,29). The number of anilines is 1. The fraction of sp³-hybridized carbons (Fsp3) is 0.304. The predicted octanol–water partition coefficient (Wildman–Crippen LogP) is 3.74. The lowest BCUT2D eigenvalue weighted by Gasteiger charge is -2.24. The Bertz CT molecular complexity index is 1020. The third kappa shape index (κ3) is 6.25. The van der Waals surface area contributed by atoms with Crippen molar-refractivity contribution in [2.75, 3.05) is 25.0 Å². The number of nitrogens with one attached hydrogen (secondary N) is 3. The maximum absolute atomic E-state index is 12.8. The van der Waals surface area contributed by atoms with Crippen molar-refractivity contribution in [1.29, 1.82) is 0 Å². The van der Waals surface area contributed by atoms with Gasteiger partial charge < -0.3 is 16.0 Å². The van der Waals surface area contributed by atoms with E-state index in [1.54, 1.807) is 0 Å². The van der Waals surface area contributed by atoms with Gasteiger partial charge in [0.15, 0.2) is 5.96 Å². The molecule has 1 aliphatic rings. The van der Waals surface area contributed by atoms with Crippen LogP contribution in [-0.2, 0) is 11.0 Å². The van der Waals surface area contributed by atoms with Crippen molar-refractivity contribution in [3.05, 3.63) is 65.2 Å². The monoisotopic (exact) mass is 428 g/mol. The highest BCUT2D eigenvalue weighted by atomic mass is 19.4. The first kappa shape index (κ1) is 22.2. The lowest BCUT2D eigenvalue weighted by Crippen LogP contribution is -2.38. The molecule has 0 aliphatic carbocycles. The van der Waals surface area contributed by atoms with E-state index in [9.17, 15) is 18.0 Å². The molecule has 31 heavy (non-hydrogen) atoms. The third-order valence-corrected chi connectivity index (χ3v) is 4.69. The second-order valence-electron chi connectivity index (χ2n) is 6.99. The van der Waals surface area contributed by atoms with Crippen LogP contribution in [-0.4, -0.2) is 31.5 Å². The average Bonchev–Trinajstić information content (AvgIpc) is 2.74. The predicted molar refractivity (Wildman–Crippen MR) is 115 cm³/mol. The number of fused-ring (bicyclic) bond motifs is 1. The molecule has 8 heteroatoms. The van der Waals surface area contributed by atoms with Crippen LogP contribution in [0, 0.1) is 11.8 Å². The molecule has 3 N–H and O–H groups in total. The van der Waals surface area contributed by atoms with Crippen LogP contribution in [0.25, 0.3) is 0 Å². The highest BCUT2D eigenvalue weighted by Crippen LogP contribution is 2.32. The first-order valence-corrected chi connectivity index (χ1v) is 9.94. The molecule has 5 nitrogen and oxygen atoms in total. The van der Waals surface area contributed by atoms with Gasteiger partial charge in [0.2, 0.25) is 5.91 Å². The van der Waals surface area contributed by atoms with Crippen LogP contribution in [0.15, 0.2) is 53.5 Å². The fourth-order valence-electron chi connectivity index (χ4n) is 3.26. The number of hydrogen-bond acceptors (Lipinski definition) is 2. The minimum absolute atomic E-state index is 0.0309. The topological polar surface area (TPSA) is 65.5 Å². The maximum atomic E-state index is 12.8. The smallest absolute Gasteiger partial charge is 0.357 e. The van der Waals surface area contributed by atoms with E-state index in [2.05, 4.69) is 32.8 Å². The molecule has 0 saturated heterocycles. The number of benzene rings is 2. The molecule has 0 spiro atoms. The average molecular weight is 428 g/mol. The minimum Gasteiger partial charge on any atom is -0.357 e. The lowest BCUT2D eigenvalue weighted by molar-refractivity contribution is -0.137. The van der Waals surface area contributed by atoms with E-state index in [1.165, 1.54) is 12.1 Å².